The SMILES string of the molecule is Fc1cccc(-c2cc(-c3cccnc3)n[nH]2)c1. The number of rotatable bonds is 2. The number of nitrogens with one attached hydrogen (secondary N) is 1. The lowest BCUT2D eigenvalue weighted by Gasteiger charge is -1.96. The van der Waals surface area contributed by atoms with Gasteiger partial charge in [0.25, 0.3) is 0 Å². The van der Waals surface area contributed by atoms with Gasteiger partial charge in [0.15, 0.2) is 0 Å². The van der Waals surface area contributed by atoms with Crippen molar-refractivity contribution in [1.82, 2.24) is 15.2 Å². The van der Waals surface area contributed by atoms with Crippen LogP contribution in [0.5, 0.6) is 0 Å². The molecule has 0 aliphatic carbocycles. The third-order valence-corrected chi connectivity index (χ3v) is 2.67. The maximum Gasteiger partial charge on any atom is 0.123 e. The number of hydrogen-bond donors (Lipinski definition) is 1. The normalized spacial score (nSPS) is 10.5. The fourth-order valence-electron chi connectivity index (χ4n) is 1.79. The van der Waals surface area contributed by atoms with Crippen LogP contribution in [0.25, 0.3) is 22.5 Å². The van der Waals surface area contributed by atoms with E-state index in [9.17, 15) is 4.39 Å². The van der Waals surface area contributed by atoms with E-state index in [-0.39, 0.29) is 5.82 Å². The Bertz CT molecular complexity index is 662. The van der Waals surface area contributed by atoms with Crippen molar-refractivity contribution in [2.45, 2.75) is 0 Å². The molecule has 4 heteroatoms. The molecule has 0 atom stereocenters. The predicted molar refractivity (Wildman–Crippen MR) is 67.2 cm³/mol. The lowest BCUT2D eigenvalue weighted by Crippen LogP contribution is -1.79. The highest BCUT2D eigenvalue weighted by molar-refractivity contribution is 5.67. The third kappa shape index (κ3) is 2.00. The summed E-state index contributed by atoms with van der Waals surface area (Å²) in [6.45, 7) is 0. The lowest BCUT2D eigenvalue weighted by atomic mass is 10.1. The Hall–Kier alpha value is -2.49. The molecule has 0 aliphatic rings. The van der Waals surface area contributed by atoms with Crippen molar-refractivity contribution in [3.05, 3.63) is 60.7 Å². The predicted octanol–water partition coefficient (Wildman–Crippen LogP) is 3.28. The Kier molecular flexibility index (Phi) is 2.61. The van der Waals surface area contributed by atoms with E-state index in [1.165, 1.54) is 12.1 Å². The zero-order valence-electron chi connectivity index (χ0n) is 9.47. The van der Waals surface area contributed by atoms with Gasteiger partial charge >= 0.3 is 0 Å². The van der Waals surface area contributed by atoms with E-state index >= 15 is 0 Å². The van der Waals surface area contributed by atoms with Gasteiger partial charge in [-0.2, -0.15) is 5.10 Å². The van der Waals surface area contributed by atoms with Crippen molar-refractivity contribution >= 4 is 0 Å². The number of pyridine rings is 1. The number of H-pyrrole nitrogens is 1. The molecule has 3 nitrogen and oxygen atoms in total. The van der Waals surface area contributed by atoms with Crippen LogP contribution in [0.4, 0.5) is 4.39 Å². The van der Waals surface area contributed by atoms with Crippen molar-refractivity contribution in [1.29, 1.82) is 0 Å². The highest BCUT2D eigenvalue weighted by atomic mass is 19.1. The first-order chi connectivity index (χ1) is 8.83. The maximum absolute atomic E-state index is 13.1. The molecule has 0 radical (unpaired) electrons. The number of aromatic nitrogens is 3. The molecule has 0 amide bonds. The van der Waals surface area contributed by atoms with Gasteiger partial charge in [-0.05, 0) is 30.3 Å². The molecule has 0 saturated heterocycles. The quantitative estimate of drug-likeness (QED) is 0.745. The van der Waals surface area contributed by atoms with Crippen molar-refractivity contribution < 1.29 is 4.39 Å². The van der Waals surface area contributed by atoms with Crippen LogP contribution < -0.4 is 0 Å². The molecule has 0 fully saturated rings. The molecular weight excluding hydrogens is 229 g/mol. The minimum Gasteiger partial charge on any atom is -0.277 e. The van der Waals surface area contributed by atoms with Crippen LogP contribution in [-0.2, 0) is 0 Å². The Morgan fingerprint density at radius 3 is 2.67 bits per heavy atom. The summed E-state index contributed by atoms with van der Waals surface area (Å²) in [7, 11) is 0. The second-order valence-corrected chi connectivity index (χ2v) is 3.92. The van der Waals surface area contributed by atoms with Gasteiger partial charge in [0.2, 0.25) is 0 Å². The fourth-order valence-corrected chi connectivity index (χ4v) is 1.79. The van der Waals surface area contributed by atoms with Gasteiger partial charge in [-0.3, -0.25) is 10.1 Å². The first-order valence-corrected chi connectivity index (χ1v) is 5.55. The van der Waals surface area contributed by atoms with Gasteiger partial charge in [0.05, 0.1) is 11.4 Å². The third-order valence-electron chi connectivity index (χ3n) is 2.67. The number of aromatic amines is 1. The molecule has 0 saturated carbocycles. The van der Waals surface area contributed by atoms with Gasteiger partial charge in [-0.1, -0.05) is 12.1 Å². The van der Waals surface area contributed by atoms with Crippen LogP contribution in [0.1, 0.15) is 0 Å². The summed E-state index contributed by atoms with van der Waals surface area (Å²) in [6, 6.07) is 12.1. The van der Waals surface area contributed by atoms with Crippen molar-refractivity contribution in [3.8, 4) is 22.5 Å². The molecule has 2 aromatic heterocycles. The molecule has 0 bridgehead atoms. The molecule has 1 aromatic carbocycles. The molecule has 2 heterocycles. The largest absolute Gasteiger partial charge is 0.277 e. The lowest BCUT2D eigenvalue weighted by molar-refractivity contribution is 0.628. The van der Waals surface area contributed by atoms with E-state index in [1.807, 2.05) is 24.3 Å². The van der Waals surface area contributed by atoms with Crippen molar-refractivity contribution in [2.24, 2.45) is 0 Å². The molecule has 3 rings (SSSR count). The summed E-state index contributed by atoms with van der Waals surface area (Å²) in [4.78, 5) is 4.04. The standard InChI is InChI=1S/C14H10FN3/c15-12-5-1-3-10(7-12)13-8-14(18-17-13)11-4-2-6-16-9-11/h1-9H,(H,17,18). The van der Waals surface area contributed by atoms with Gasteiger partial charge in [-0.15, -0.1) is 0 Å². The smallest absolute Gasteiger partial charge is 0.123 e. The highest BCUT2D eigenvalue weighted by Crippen LogP contribution is 2.23. The molecule has 0 aliphatic heterocycles. The van der Waals surface area contributed by atoms with Crippen molar-refractivity contribution in [3.63, 3.8) is 0 Å². The van der Waals surface area contributed by atoms with E-state index in [2.05, 4.69) is 15.2 Å². The van der Waals surface area contributed by atoms with E-state index in [0.717, 1.165) is 22.5 Å². The van der Waals surface area contributed by atoms with E-state index in [4.69, 9.17) is 0 Å². The zero-order valence-corrected chi connectivity index (χ0v) is 9.47. The van der Waals surface area contributed by atoms with Crippen molar-refractivity contribution in [2.75, 3.05) is 0 Å². The number of halogens is 1. The molecular formula is C14H10FN3. The summed E-state index contributed by atoms with van der Waals surface area (Å²) in [5.74, 6) is -0.259. The summed E-state index contributed by atoms with van der Waals surface area (Å²) in [5, 5.41) is 7.11. The monoisotopic (exact) mass is 239 g/mol. The summed E-state index contributed by atoms with van der Waals surface area (Å²) in [6.07, 6.45) is 3.45. The molecule has 88 valence electrons. The fraction of sp³-hybridized carbons (Fsp3) is 0. The number of benzene rings is 1. The van der Waals surface area contributed by atoms with E-state index < -0.39 is 0 Å². The van der Waals surface area contributed by atoms with Crippen LogP contribution in [0.15, 0.2) is 54.9 Å². The Morgan fingerprint density at radius 1 is 1.00 bits per heavy atom. The zero-order chi connectivity index (χ0) is 12.4. The van der Waals surface area contributed by atoms with Crippen LogP contribution >= 0.6 is 0 Å². The second-order valence-electron chi connectivity index (χ2n) is 3.92. The van der Waals surface area contributed by atoms with Crippen LogP contribution in [0.2, 0.25) is 0 Å². The molecule has 0 unspecified atom stereocenters. The summed E-state index contributed by atoms with van der Waals surface area (Å²) < 4.78 is 13.1. The van der Waals surface area contributed by atoms with Gasteiger partial charge < -0.3 is 0 Å². The van der Waals surface area contributed by atoms with Crippen LogP contribution in [0.3, 0.4) is 0 Å². The van der Waals surface area contributed by atoms with Gasteiger partial charge in [0, 0.05) is 23.5 Å². The van der Waals surface area contributed by atoms with Gasteiger partial charge in [0.1, 0.15) is 5.82 Å². The number of hydrogen-bond acceptors (Lipinski definition) is 2. The van der Waals surface area contributed by atoms with E-state index in [0.29, 0.717) is 0 Å². The molecule has 3 aromatic rings. The van der Waals surface area contributed by atoms with Crippen LogP contribution in [0, 0.1) is 5.82 Å². The highest BCUT2D eigenvalue weighted by Gasteiger charge is 2.06. The van der Waals surface area contributed by atoms with Gasteiger partial charge in [-0.25, -0.2) is 4.39 Å². The Morgan fingerprint density at radius 2 is 1.89 bits per heavy atom. The van der Waals surface area contributed by atoms with Crippen LogP contribution in [-0.4, -0.2) is 15.2 Å². The minimum absolute atomic E-state index is 0.259. The average molecular weight is 239 g/mol. The second kappa shape index (κ2) is 4.41. The topological polar surface area (TPSA) is 41.6 Å². The first-order valence-electron chi connectivity index (χ1n) is 5.55. The molecule has 0 spiro atoms. The average Bonchev–Trinajstić information content (AvgIpc) is 2.89. The first kappa shape index (κ1) is 10.7. The summed E-state index contributed by atoms with van der Waals surface area (Å²) >= 11 is 0. The molecule has 18 heavy (non-hydrogen) atoms. The van der Waals surface area contributed by atoms with E-state index in [1.54, 1.807) is 18.5 Å². The molecule has 1 N–H and O–H groups in total. The Balaban J connectivity index is 2.00. The number of nitrogens with zero attached hydrogens (tertiary/aromatic N) is 2. The Labute approximate surface area is 103 Å². The minimum atomic E-state index is -0.259. The summed E-state index contributed by atoms with van der Waals surface area (Å²) in [5.41, 5.74) is 3.28. The maximum atomic E-state index is 13.1.